The molecule has 0 fully saturated rings. The second-order valence-corrected chi connectivity index (χ2v) is 5.95. The largest absolute Gasteiger partial charge is 0.396 e. The maximum absolute atomic E-state index is 12.2. The minimum atomic E-state index is -0.144. The number of aryl methyl sites for hydroxylation is 1. The van der Waals surface area contributed by atoms with Gasteiger partial charge < -0.3 is 15.0 Å². The number of nitrogens with zero attached hydrogens (tertiary/aromatic N) is 2. The highest BCUT2D eigenvalue weighted by atomic mass is 16.3. The zero-order chi connectivity index (χ0) is 16.7. The van der Waals surface area contributed by atoms with Gasteiger partial charge in [0, 0.05) is 6.61 Å². The van der Waals surface area contributed by atoms with E-state index in [2.05, 4.69) is 9.97 Å². The molecule has 126 valence electrons. The smallest absolute Gasteiger partial charge is 0.256 e. The van der Waals surface area contributed by atoms with Crippen molar-refractivity contribution >= 4 is 5.91 Å². The Morgan fingerprint density at radius 2 is 2.00 bits per heavy atom. The van der Waals surface area contributed by atoms with Crippen LogP contribution in [0.1, 0.15) is 55.6 Å². The van der Waals surface area contributed by atoms with E-state index in [1.165, 1.54) is 0 Å². The number of hydrogen-bond donors (Lipinski definition) is 2. The molecule has 0 radical (unpaired) electrons. The molecule has 1 aliphatic heterocycles. The van der Waals surface area contributed by atoms with Crippen molar-refractivity contribution in [3.63, 3.8) is 0 Å². The van der Waals surface area contributed by atoms with Gasteiger partial charge in [-0.15, -0.1) is 0 Å². The molecule has 2 N–H and O–H groups in total. The van der Waals surface area contributed by atoms with Gasteiger partial charge in [-0.3, -0.25) is 9.59 Å². The molecular formula is C17H25N3O3. The predicted molar refractivity (Wildman–Crippen MR) is 87.8 cm³/mol. The van der Waals surface area contributed by atoms with Gasteiger partial charge in [-0.2, -0.15) is 0 Å². The summed E-state index contributed by atoms with van der Waals surface area (Å²) in [5.74, 6) is 0.514. The van der Waals surface area contributed by atoms with Crippen molar-refractivity contribution in [3.05, 3.63) is 39.6 Å². The number of aliphatic hydroxyl groups is 1. The number of aliphatic hydroxyl groups excluding tert-OH is 1. The van der Waals surface area contributed by atoms with Crippen molar-refractivity contribution in [2.45, 2.75) is 58.5 Å². The summed E-state index contributed by atoms with van der Waals surface area (Å²) in [4.78, 5) is 32.6. The van der Waals surface area contributed by atoms with Gasteiger partial charge in [-0.25, -0.2) is 4.98 Å². The summed E-state index contributed by atoms with van der Waals surface area (Å²) < 4.78 is 0. The third-order valence-electron chi connectivity index (χ3n) is 4.01. The monoisotopic (exact) mass is 319 g/mol. The number of H-pyrrole nitrogens is 1. The molecule has 2 rings (SSSR count). The van der Waals surface area contributed by atoms with Crippen molar-refractivity contribution in [1.82, 2.24) is 14.9 Å². The van der Waals surface area contributed by atoms with Gasteiger partial charge in [0.05, 0.1) is 24.3 Å². The number of unbranched alkanes of at least 4 members (excludes halogenated alkanes) is 5. The molecule has 0 aliphatic carbocycles. The van der Waals surface area contributed by atoms with Crippen molar-refractivity contribution in [3.8, 4) is 0 Å². The molecule has 6 heteroatoms. The average molecular weight is 319 g/mol. The second-order valence-electron chi connectivity index (χ2n) is 5.95. The molecule has 0 saturated heterocycles. The summed E-state index contributed by atoms with van der Waals surface area (Å²) in [6.07, 6.45) is 9.60. The van der Waals surface area contributed by atoms with Crippen LogP contribution >= 0.6 is 0 Å². The van der Waals surface area contributed by atoms with E-state index in [4.69, 9.17) is 5.11 Å². The molecule has 6 nitrogen and oxygen atoms in total. The Bertz CT molecular complexity index is 622. The van der Waals surface area contributed by atoms with Crippen LogP contribution in [0.15, 0.2) is 16.9 Å². The van der Waals surface area contributed by atoms with Crippen LogP contribution in [0.4, 0.5) is 0 Å². The van der Waals surface area contributed by atoms with Crippen LogP contribution in [-0.2, 0) is 17.9 Å². The fraction of sp³-hybridized carbons (Fsp3) is 0.588. The summed E-state index contributed by atoms with van der Waals surface area (Å²) in [5, 5.41) is 8.69. The number of carbonyl (C=O) groups excluding carboxylic acids is 1. The number of aromatic amines is 1. The lowest BCUT2D eigenvalue weighted by atomic mass is 10.1. The molecule has 23 heavy (non-hydrogen) atoms. The van der Waals surface area contributed by atoms with Crippen molar-refractivity contribution < 1.29 is 9.90 Å². The fourth-order valence-corrected chi connectivity index (χ4v) is 2.74. The van der Waals surface area contributed by atoms with Crippen LogP contribution in [0.5, 0.6) is 0 Å². The van der Waals surface area contributed by atoms with E-state index in [0.29, 0.717) is 30.2 Å². The minimum absolute atomic E-state index is 0.0691. The van der Waals surface area contributed by atoms with Crippen LogP contribution in [0.3, 0.4) is 0 Å². The Hall–Kier alpha value is -1.95. The normalized spacial score (nSPS) is 13.7. The maximum atomic E-state index is 12.2. The number of amides is 1. The standard InChI is InChI=1S/C17H25N3O3/c1-13-18-15-12-20(11-14(15)17(23)19-13)16(22)9-7-5-3-2-4-6-8-10-21/h7,9,21H,2-6,8,10-12H2,1H3,(H,18,19,23)/b9-7+. The lowest BCUT2D eigenvalue weighted by Crippen LogP contribution is -2.24. The number of aromatic nitrogens is 2. The first-order valence-electron chi connectivity index (χ1n) is 8.27. The Morgan fingerprint density at radius 3 is 2.78 bits per heavy atom. The summed E-state index contributed by atoms with van der Waals surface area (Å²) in [6, 6.07) is 0. The van der Waals surface area contributed by atoms with E-state index in [9.17, 15) is 9.59 Å². The Morgan fingerprint density at radius 1 is 1.26 bits per heavy atom. The Labute approximate surface area is 136 Å². The van der Waals surface area contributed by atoms with Gasteiger partial charge in [0.2, 0.25) is 5.91 Å². The summed E-state index contributed by atoms with van der Waals surface area (Å²) in [5.41, 5.74) is 1.16. The number of hydrogen-bond acceptors (Lipinski definition) is 4. The topological polar surface area (TPSA) is 86.3 Å². The van der Waals surface area contributed by atoms with Gasteiger partial charge in [0.25, 0.3) is 5.56 Å². The summed E-state index contributed by atoms with van der Waals surface area (Å²) in [6.45, 7) is 2.75. The first kappa shape index (κ1) is 17.4. The van der Waals surface area contributed by atoms with E-state index in [-0.39, 0.29) is 18.1 Å². The molecule has 0 unspecified atom stereocenters. The van der Waals surface area contributed by atoms with Crippen LogP contribution in [-0.4, -0.2) is 32.5 Å². The molecule has 1 amide bonds. The van der Waals surface area contributed by atoms with Crippen molar-refractivity contribution in [2.75, 3.05) is 6.61 Å². The second kappa shape index (κ2) is 8.62. The quantitative estimate of drug-likeness (QED) is 0.565. The lowest BCUT2D eigenvalue weighted by molar-refractivity contribution is -0.126. The van der Waals surface area contributed by atoms with Crippen molar-refractivity contribution in [2.24, 2.45) is 0 Å². The molecular weight excluding hydrogens is 294 g/mol. The highest BCUT2D eigenvalue weighted by Gasteiger charge is 2.25. The van der Waals surface area contributed by atoms with E-state index in [1.54, 1.807) is 17.9 Å². The number of nitrogens with one attached hydrogen (secondary N) is 1. The van der Waals surface area contributed by atoms with Gasteiger partial charge >= 0.3 is 0 Å². The number of fused-ring (bicyclic) bond motifs is 1. The van der Waals surface area contributed by atoms with Crippen LogP contribution < -0.4 is 5.56 Å². The van der Waals surface area contributed by atoms with Gasteiger partial charge in [-0.05, 0) is 32.3 Å². The predicted octanol–water partition coefficient (Wildman–Crippen LogP) is 1.81. The minimum Gasteiger partial charge on any atom is -0.396 e. The first-order valence-corrected chi connectivity index (χ1v) is 8.27. The molecule has 0 atom stereocenters. The highest BCUT2D eigenvalue weighted by molar-refractivity contribution is 5.87. The Kier molecular flexibility index (Phi) is 6.52. The molecule has 1 aromatic heterocycles. The van der Waals surface area contributed by atoms with Gasteiger partial charge in [0.15, 0.2) is 0 Å². The highest BCUT2D eigenvalue weighted by Crippen LogP contribution is 2.17. The van der Waals surface area contributed by atoms with E-state index in [1.807, 2.05) is 6.08 Å². The number of carbonyl (C=O) groups is 1. The van der Waals surface area contributed by atoms with E-state index in [0.717, 1.165) is 38.5 Å². The first-order chi connectivity index (χ1) is 11.1. The molecule has 1 aromatic rings. The van der Waals surface area contributed by atoms with Gasteiger partial charge in [0.1, 0.15) is 5.82 Å². The van der Waals surface area contributed by atoms with Crippen molar-refractivity contribution in [1.29, 1.82) is 0 Å². The van der Waals surface area contributed by atoms with E-state index < -0.39 is 0 Å². The van der Waals surface area contributed by atoms with E-state index >= 15 is 0 Å². The molecule has 1 aliphatic rings. The zero-order valence-electron chi connectivity index (χ0n) is 13.7. The number of allylic oxidation sites excluding steroid dienone is 1. The summed E-state index contributed by atoms with van der Waals surface area (Å²) >= 11 is 0. The SMILES string of the molecule is Cc1nc2c(c(=O)[nH]1)CN(C(=O)/C=C/CCCCCCCO)C2. The fourth-order valence-electron chi connectivity index (χ4n) is 2.74. The third-order valence-corrected chi connectivity index (χ3v) is 4.01. The Balaban J connectivity index is 1.74. The molecule has 0 bridgehead atoms. The lowest BCUT2D eigenvalue weighted by Gasteiger charge is -2.11. The molecule has 0 spiro atoms. The van der Waals surface area contributed by atoms with Crippen LogP contribution in [0, 0.1) is 6.92 Å². The van der Waals surface area contributed by atoms with Crippen LogP contribution in [0.2, 0.25) is 0 Å². The summed E-state index contributed by atoms with van der Waals surface area (Å²) in [7, 11) is 0. The maximum Gasteiger partial charge on any atom is 0.256 e. The average Bonchev–Trinajstić information content (AvgIpc) is 2.94. The number of rotatable bonds is 8. The molecule has 0 saturated carbocycles. The molecule has 2 heterocycles. The third kappa shape index (κ3) is 5.03. The van der Waals surface area contributed by atoms with Crippen LogP contribution in [0.25, 0.3) is 0 Å². The van der Waals surface area contributed by atoms with Gasteiger partial charge in [-0.1, -0.05) is 25.3 Å². The zero-order valence-corrected chi connectivity index (χ0v) is 13.7. The molecule has 0 aromatic carbocycles.